The number of piperidine rings is 1. The Balaban J connectivity index is 2.44. The molecule has 1 amide bonds. The maximum Gasteiger partial charge on any atom is 0.236 e. The average Bonchev–Trinajstić information content (AvgIpc) is 2.28. The van der Waals surface area contributed by atoms with Gasteiger partial charge < -0.3 is 11.1 Å². The number of carbonyl (C=O) groups excluding carboxylic acids is 1. The Morgan fingerprint density at radius 1 is 1.67 bits per heavy atom. The molecule has 1 rings (SSSR count). The molecule has 0 radical (unpaired) electrons. The molecule has 0 bridgehead atoms. The molecular weight excluding hydrogens is 190 g/mol. The van der Waals surface area contributed by atoms with E-state index in [1.54, 1.807) is 7.05 Å². The Kier molecular flexibility index (Phi) is 5.05. The summed E-state index contributed by atoms with van der Waals surface area (Å²) in [4.78, 5) is 13.8. The second-order valence-electron chi connectivity index (χ2n) is 4.37. The summed E-state index contributed by atoms with van der Waals surface area (Å²) < 4.78 is 0. The van der Waals surface area contributed by atoms with Crippen LogP contribution >= 0.6 is 0 Å². The molecule has 1 aliphatic heterocycles. The zero-order chi connectivity index (χ0) is 11.3. The number of hydrogen-bond acceptors (Lipinski definition) is 3. The summed E-state index contributed by atoms with van der Waals surface area (Å²) in [6.45, 7) is 4.79. The van der Waals surface area contributed by atoms with Gasteiger partial charge in [0.05, 0.1) is 6.04 Å². The minimum absolute atomic E-state index is 0.00410. The van der Waals surface area contributed by atoms with E-state index in [1.807, 2.05) is 6.92 Å². The highest BCUT2D eigenvalue weighted by Crippen LogP contribution is 2.20. The van der Waals surface area contributed by atoms with Gasteiger partial charge in [-0.15, -0.1) is 0 Å². The maximum atomic E-state index is 11.5. The molecule has 0 spiro atoms. The van der Waals surface area contributed by atoms with Gasteiger partial charge >= 0.3 is 0 Å². The monoisotopic (exact) mass is 213 g/mol. The first-order valence-electron chi connectivity index (χ1n) is 5.84. The van der Waals surface area contributed by atoms with Crippen LogP contribution in [0.2, 0.25) is 0 Å². The van der Waals surface area contributed by atoms with Crippen molar-refractivity contribution in [1.82, 2.24) is 10.2 Å². The van der Waals surface area contributed by atoms with Crippen molar-refractivity contribution in [3.8, 4) is 0 Å². The van der Waals surface area contributed by atoms with E-state index in [0.29, 0.717) is 5.92 Å². The number of rotatable bonds is 4. The first kappa shape index (κ1) is 12.5. The van der Waals surface area contributed by atoms with Crippen LogP contribution in [-0.2, 0) is 4.79 Å². The molecule has 1 aliphatic rings. The molecule has 15 heavy (non-hydrogen) atoms. The van der Waals surface area contributed by atoms with Gasteiger partial charge in [-0.3, -0.25) is 9.69 Å². The number of hydrogen-bond donors (Lipinski definition) is 2. The van der Waals surface area contributed by atoms with Gasteiger partial charge in [0.1, 0.15) is 0 Å². The van der Waals surface area contributed by atoms with Crippen LogP contribution in [0.3, 0.4) is 0 Å². The Labute approximate surface area is 92.2 Å². The van der Waals surface area contributed by atoms with Crippen molar-refractivity contribution in [2.45, 2.75) is 32.2 Å². The SMILES string of the molecule is CNC(=O)C(C)N1CCCC(CCN)C1. The molecule has 0 aromatic rings. The van der Waals surface area contributed by atoms with Crippen LogP contribution in [0.4, 0.5) is 0 Å². The van der Waals surface area contributed by atoms with Gasteiger partial charge in [0, 0.05) is 13.6 Å². The number of likely N-dealkylation sites (tertiary alicyclic amines) is 1. The molecule has 0 saturated carbocycles. The van der Waals surface area contributed by atoms with Gasteiger partial charge in [0.15, 0.2) is 0 Å². The van der Waals surface area contributed by atoms with E-state index in [4.69, 9.17) is 5.73 Å². The third kappa shape index (κ3) is 3.47. The Hall–Kier alpha value is -0.610. The van der Waals surface area contributed by atoms with Crippen LogP contribution in [0.5, 0.6) is 0 Å². The molecule has 1 fully saturated rings. The fourth-order valence-corrected chi connectivity index (χ4v) is 2.30. The molecule has 0 aromatic heterocycles. The predicted octanol–water partition coefficient (Wildman–Crippen LogP) is 0.182. The summed E-state index contributed by atoms with van der Waals surface area (Å²) >= 11 is 0. The number of nitrogens with one attached hydrogen (secondary N) is 1. The zero-order valence-electron chi connectivity index (χ0n) is 9.83. The van der Waals surface area contributed by atoms with Crippen molar-refractivity contribution in [3.63, 3.8) is 0 Å². The third-order valence-corrected chi connectivity index (χ3v) is 3.30. The second-order valence-corrected chi connectivity index (χ2v) is 4.37. The molecular formula is C11H23N3O. The minimum Gasteiger partial charge on any atom is -0.358 e. The highest BCUT2D eigenvalue weighted by Gasteiger charge is 2.26. The van der Waals surface area contributed by atoms with E-state index >= 15 is 0 Å². The molecule has 0 aliphatic carbocycles. The molecule has 1 saturated heterocycles. The van der Waals surface area contributed by atoms with Crippen LogP contribution in [0.15, 0.2) is 0 Å². The Bertz CT molecular complexity index is 206. The van der Waals surface area contributed by atoms with Gasteiger partial charge in [-0.2, -0.15) is 0 Å². The van der Waals surface area contributed by atoms with Crippen LogP contribution < -0.4 is 11.1 Å². The predicted molar refractivity (Wildman–Crippen MR) is 61.5 cm³/mol. The first-order valence-corrected chi connectivity index (χ1v) is 5.84. The topological polar surface area (TPSA) is 58.4 Å². The third-order valence-electron chi connectivity index (χ3n) is 3.30. The Morgan fingerprint density at radius 3 is 3.00 bits per heavy atom. The fourth-order valence-electron chi connectivity index (χ4n) is 2.30. The Morgan fingerprint density at radius 2 is 2.40 bits per heavy atom. The molecule has 88 valence electrons. The lowest BCUT2D eigenvalue weighted by molar-refractivity contribution is -0.126. The minimum atomic E-state index is -0.00410. The normalized spacial score (nSPS) is 24.9. The molecule has 4 nitrogen and oxygen atoms in total. The zero-order valence-corrected chi connectivity index (χ0v) is 9.83. The van der Waals surface area contributed by atoms with Crippen LogP contribution in [0.1, 0.15) is 26.2 Å². The second kappa shape index (κ2) is 6.08. The molecule has 2 atom stereocenters. The summed E-state index contributed by atoms with van der Waals surface area (Å²) in [6, 6.07) is -0.00410. The number of carbonyl (C=O) groups is 1. The van der Waals surface area contributed by atoms with Crippen molar-refractivity contribution in [2.75, 3.05) is 26.7 Å². The van der Waals surface area contributed by atoms with E-state index in [-0.39, 0.29) is 11.9 Å². The van der Waals surface area contributed by atoms with Gasteiger partial charge in [-0.1, -0.05) is 0 Å². The molecule has 4 heteroatoms. The average molecular weight is 213 g/mol. The summed E-state index contributed by atoms with van der Waals surface area (Å²) in [7, 11) is 1.69. The van der Waals surface area contributed by atoms with E-state index < -0.39 is 0 Å². The van der Waals surface area contributed by atoms with Crippen molar-refractivity contribution < 1.29 is 4.79 Å². The van der Waals surface area contributed by atoms with E-state index in [1.165, 1.54) is 12.8 Å². The number of amides is 1. The van der Waals surface area contributed by atoms with Crippen LogP contribution in [-0.4, -0.2) is 43.5 Å². The smallest absolute Gasteiger partial charge is 0.236 e. The van der Waals surface area contributed by atoms with Gasteiger partial charge in [0.25, 0.3) is 0 Å². The van der Waals surface area contributed by atoms with E-state index in [9.17, 15) is 4.79 Å². The van der Waals surface area contributed by atoms with Crippen molar-refractivity contribution in [1.29, 1.82) is 0 Å². The summed E-state index contributed by atoms with van der Waals surface area (Å²) in [6.07, 6.45) is 3.52. The van der Waals surface area contributed by atoms with Gasteiger partial charge in [-0.25, -0.2) is 0 Å². The van der Waals surface area contributed by atoms with Crippen LogP contribution in [0, 0.1) is 5.92 Å². The lowest BCUT2D eigenvalue weighted by atomic mass is 9.94. The lowest BCUT2D eigenvalue weighted by Gasteiger charge is -2.35. The first-order chi connectivity index (χ1) is 7.19. The van der Waals surface area contributed by atoms with Crippen molar-refractivity contribution in [3.05, 3.63) is 0 Å². The van der Waals surface area contributed by atoms with Crippen molar-refractivity contribution in [2.24, 2.45) is 11.7 Å². The molecule has 3 N–H and O–H groups in total. The molecule has 1 heterocycles. The fraction of sp³-hybridized carbons (Fsp3) is 0.909. The molecule has 0 aromatic carbocycles. The highest BCUT2D eigenvalue weighted by atomic mass is 16.2. The summed E-state index contributed by atoms with van der Waals surface area (Å²) in [5.41, 5.74) is 5.57. The molecule has 2 unspecified atom stereocenters. The largest absolute Gasteiger partial charge is 0.358 e. The van der Waals surface area contributed by atoms with Crippen molar-refractivity contribution >= 4 is 5.91 Å². The highest BCUT2D eigenvalue weighted by molar-refractivity contribution is 5.80. The lowest BCUT2D eigenvalue weighted by Crippen LogP contribution is -2.48. The standard InChI is InChI=1S/C11H23N3O/c1-9(11(15)13-2)14-7-3-4-10(8-14)5-6-12/h9-10H,3-8,12H2,1-2H3,(H,13,15). The van der Waals surface area contributed by atoms with E-state index in [2.05, 4.69) is 10.2 Å². The quantitative estimate of drug-likeness (QED) is 0.700. The van der Waals surface area contributed by atoms with Gasteiger partial charge in [-0.05, 0) is 45.2 Å². The summed E-state index contributed by atoms with van der Waals surface area (Å²) in [5, 5.41) is 2.70. The number of likely N-dealkylation sites (N-methyl/N-ethyl adjacent to an activating group) is 1. The number of nitrogens with two attached hydrogens (primary N) is 1. The van der Waals surface area contributed by atoms with E-state index in [0.717, 1.165) is 26.1 Å². The van der Waals surface area contributed by atoms with Crippen LogP contribution in [0.25, 0.3) is 0 Å². The maximum absolute atomic E-state index is 11.5. The summed E-state index contributed by atoms with van der Waals surface area (Å²) in [5.74, 6) is 0.791. The van der Waals surface area contributed by atoms with Gasteiger partial charge in [0.2, 0.25) is 5.91 Å². The number of nitrogens with zero attached hydrogens (tertiary/aromatic N) is 1.